The van der Waals surface area contributed by atoms with E-state index in [1.165, 1.54) is 4.88 Å². The van der Waals surface area contributed by atoms with E-state index in [-0.39, 0.29) is 0 Å². The zero-order valence-corrected chi connectivity index (χ0v) is 19.2. The molecular weight excluding hydrogens is 442 g/mol. The summed E-state index contributed by atoms with van der Waals surface area (Å²) >= 11 is 0.356. The summed E-state index contributed by atoms with van der Waals surface area (Å²) in [6, 6.07) is 14.1. The predicted octanol–water partition coefficient (Wildman–Crippen LogP) is 3.06. The number of hydrogen-bond acceptors (Lipinski definition) is 7. The van der Waals surface area contributed by atoms with E-state index in [0.717, 1.165) is 37.3 Å². The van der Waals surface area contributed by atoms with Gasteiger partial charge in [-0.25, -0.2) is 4.98 Å². The molecule has 10 heteroatoms. The topological polar surface area (TPSA) is 108 Å². The summed E-state index contributed by atoms with van der Waals surface area (Å²) in [5.41, 5.74) is 2.27. The Morgan fingerprint density at radius 1 is 0.969 bits per heavy atom. The molecule has 166 valence electrons. The lowest BCUT2D eigenvalue weighted by molar-refractivity contribution is 0.584. The van der Waals surface area contributed by atoms with Crippen molar-refractivity contribution < 1.29 is 4.55 Å². The van der Waals surface area contributed by atoms with Crippen LogP contribution in [-0.4, -0.2) is 42.9 Å². The first-order chi connectivity index (χ1) is 15.8. The van der Waals surface area contributed by atoms with Crippen molar-refractivity contribution in [2.45, 2.75) is 19.4 Å². The third kappa shape index (κ3) is 6.46. The maximum Gasteiger partial charge on any atom is 0.219 e. The molecule has 0 aliphatic rings. The Morgan fingerprint density at radius 3 is 2.50 bits per heavy atom. The molecular formula is C22H25N7OS2. The Hall–Kier alpha value is -3.08. The first-order valence-electron chi connectivity index (χ1n) is 10.4. The van der Waals surface area contributed by atoms with Gasteiger partial charge in [0, 0.05) is 43.1 Å². The Kier molecular flexibility index (Phi) is 7.96. The fourth-order valence-corrected chi connectivity index (χ4v) is 4.66. The first kappa shape index (κ1) is 22.1. The van der Waals surface area contributed by atoms with Crippen molar-refractivity contribution in [3.63, 3.8) is 0 Å². The fourth-order valence-electron chi connectivity index (χ4n) is 3.22. The van der Waals surface area contributed by atoms with Gasteiger partial charge in [-0.15, -0.1) is 11.3 Å². The number of aromatic amines is 2. The molecule has 0 spiro atoms. The second-order valence-electron chi connectivity index (χ2n) is 7.08. The Labute approximate surface area is 193 Å². The summed E-state index contributed by atoms with van der Waals surface area (Å²) in [5, 5.41) is 2.09. The van der Waals surface area contributed by atoms with E-state index in [1.807, 2.05) is 36.5 Å². The number of nitrogens with zero attached hydrogens (tertiary/aromatic N) is 5. The van der Waals surface area contributed by atoms with Gasteiger partial charge >= 0.3 is 0 Å². The van der Waals surface area contributed by atoms with Gasteiger partial charge in [-0.2, -0.15) is 8.75 Å². The molecule has 0 bridgehead atoms. The highest BCUT2D eigenvalue weighted by molar-refractivity contribution is 7.13. The molecule has 0 aliphatic heterocycles. The number of anilines is 1. The lowest BCUT2D eigenvalue weighted by Crippen LogP contribution is -2.28. The van der Waals surface area contributed by atoms with E-state index < -0.39 is 11.1 Å². The predicted molar refractivity (Wildman–Crippen MR) is 127 cm³/mol. The van der Waals surface area contributed by atoms with Crippen LogP contribution in [0.1, 0.15) is 16.9 Å². The fraction of sp³-hybridized carbons (Fsp3) is 0.273. The average Bonchev–Trinajstić information content (AvgIpc) is 3.46. The van der Waals surface area contributed by atoms with Crippen LogP contribution in [0.5, 0.6) is 0 Å². The number of nitrogens with one attached hydrogen (secondary N) is 2. The second-order valence-corrected chi connectivity index (χ2v) is 9.06. The minimum absolute atomic E-state index is 0.553. The number of rotatable bonds is 10. The van der Waals surface area contributed by atoms with E-state index in [9.17, 15) is 4.55 Å². The average molecular weight is 468 g/mol. The van der Waals surface area contributed by atoms with Crippen LogP contribution in [0.4, 0.5) is 5.82 Å². The number of hydrogen-bond donors (Lipinski definition) is 2. The minimum Gasteiger partial charge on any atom is -0.549 e. The van der Waals surface area contributed by atoms with Gasteiger partial charge in [-0.3, -0.25) is 15.0 Å². The number of H-pyrrole nitrogens is 2. The van der Waals surface area contributed by atoms with Crippen LogP contribution in [0.15, 0.2) is 76.4 Å². The van der Waals surface area contributed by atoms with Gasteiger partial charge in [-0.1, -0.05) is 12.1 Å². The molecule has 0 radical (unpaired) electrons. The SMILES string of the molecule is [O-][s+]1[nH]c(=NCCCN(Cc2cccs2)c2ccccn2)c(=NCCc2ccncc2)[nH]1. The second kappa shape index (κ2) is 11.5. The van der Waals surface area contributed by atoms with Crippen LogP contribution in [0.25, 0.3) is 0 Å². The van der Waals surface area contributed by atoms with Gasteiger partial charge in [-0.05, 0) is 54.1 Å². The summed E-state index contributed by atoms with van der Waals surface area (Å²) in [6.45, 7) is 2.81. The molecule has 0 fully saturated rings. The molecule has 0 saturated heterocycles. The quantitative estimate of drug-likeness (QED) is 0.276. The van der Waals surface area contributed by atoms with Gasteiger partial charge < -0.3 is 9.45 Å². The number of aromatic nitrogens is 4. The van der Waals surface area contributed by atoms with Gasteiger partial charge in [0.2, 0.25) is 11.0 Å². The summed E-state index contributed by atoms with van der Waals surface area (Å²) in [4.78, 5) is 21.2. The van der Waals surface area contributed by atoms with Crippen LogP contribution in [0, 0.1) is 0 Å². The van der Waals surface area contributed by atoms with Crippen molar-refractivity contribution in [1.29, 1.82) is 0 Å². The molecule has 1 atom stereocenters. The van der Waals surface area contributed by atoms with Crippen molar-refractivity contribution in [2.24, 2.45) is 9.98 Å². The maximum atomic E-state index is 11.9. The highest BCUT2D eigenvalue weighted by Crippen LogP contribution is 2.17. The van der Waals surface area contributed by atoms with E-state index >= 15 is 0 Å². The number of thiophene rings is 1. The first-order valence-corrected chi connectivity index (χ1v) is 12.4. The zero-order valence-electron chi connectivity index (χ0n) is 17.6. The van der Waals surface area contributed by atoms with Crippen LogP contribution >= 0.6 is 22.5 Å². The Morgan fingerprint density at radius 2 is 1.78 bits per heavy atom. The molecule has 2 N–H and O–H groups in total. The van der Waals surface area contributed by atoms with Crippen molar-refractivity contribution in [1.82, 2.24) is 18.7 Å². The van der Waals surface area contributed by atoms with Crippen LogP contribution in [0.3, 0.4) is 0 Å². The third-order valence-corrected chi connectivity index (χ3v) is 6.40. The van der Waals surface area contributed by atoms with Gasteiger partial charge in [0.05, 0.1) is 6.54 Å². The molecule has 0 saturated carbocycles. The molecule has 0 aliphatic carbocycles. The molecule has 4 rings (SSSR count). The minimum atomic E-state index is -1.39. The molecule has 4 aromatic heterocycles. The van der Waals surface area contributed by atoms with Gasteiger partial charge in [0.25, 0.3) is 0 Å². The van der Waals surface area contributed by atoms with Gasteiger partial charge in [0.1, 0.15) is 17.0 Å². The van der Waals surface area contributed by atoms with Crippen LogP contribution in [0.2, 0.25) is 0 Å². The molecule has 4 heterocycles. The summed E-state index contributed by atoms with van der Waals surface area (Å²) < 4.78 is 17.6. The Balaban J connectivity index is 1.39. The molecule has 8 nitrogen and oxygen atoms in total. The highest BCUT2D eigenvalue weighted by atomic mass is 32.2. The zero-order chi connectivity index (χ0) is 22.0. The van der Waals surface area contributed by atoms with Crippen LogP contribution in [-0.2, 0) is 13.0 Å². The lowest BCUT2D eigenvalue weighted by atomic mass is 10.2. The standard InChI is InChI=1S/C22H25N7OS2/c30-32-27-21(22(28-32)26-14-9-18-7-12-23-13-8-18)25-11-4-15-29(17-19-5-3-16-31-19)20-6-1-2-10-24-20/h1-3,5-8,10,12-13,16H,4,9,11,14-15,17H2,(H,25,27)(H,26,28). The smallest absolute Gasteiger partial charge is 0.219 e. The third-order valence-electron chi connectivity index (χ3n) is 4.78. The molecule has 32 heavy (non-hydrogen) atoms. The van der Waals surface area contributed by atoms with Gasteiger partial charge in [0.15, 0.2) is 0 Å². The lowest BCUT2D eigenvalue weighted by Gasteiger charge is -2.22. The van der Waals surface area contributed by atoms with Crippen molar-refractivity contribution in [3.8, 4) is 0 Å². The van der Waals surface area contributed by atoms with E-state index in [2.05, 4.69) is 51.1 Å². The monoisotopic (exact) mass is 467 g/mol. The van der Waals surface area contributed by atoms with E-state index in [0.29, 0.717) is 24.1 Å². The molecule has 1 unspecified atom stereocenters. The molecule has 4 aromatic rings. The summed E-state index contributed by atoms with van der Waals surface area (Å²) in [5.74, 6) is 0.952. The van der Waals surface area contributed by atoms with E-state index in [1.54, 1.807) is 23.7 Å². The molecule has 0 amide bonds. The molecule has 0 aromatic carbocycles. The van der Waals surface area contributed by atoms with Crippen LogP contribution < -0.4 is 15.9 Å². The highest BCUT2D eigenvalue weighted by Gasteiger charge is 2.09. The maximum absolute atomic E-state index is 11.9. The summed E-state index contributed by atoms with van der Waals surface area (Å²) in [6.07, 6.45) is 6.98. The summed E-state index contributed by atoms with van der Waals surface area (Å²) in [7, 11) is 0. The normalized spacial score (nSPS) is 13.0. The van der Waals surface area contributed by atoms with Crippen molar-refractivity contribution in [2.75, 3.05) is 24.5 Å². The van der Waals surface area contributed by atoms with E-state index in [4.69, 9.17) is 0 Å². The largest absolute Gasteiger partial charge is 0.549 e. The van der Waals surface area contributed by atoms with Crippen molar-refractivity contribution in [3.05, 3.63) is 87.9 Å². The number of pyridine rings is 2. The van der Waals surface area contributed by atoms with Crippen molar-refractivity contribution >= 4 is 28.3 Å². The Bertz CT molecular complexity index is 1200.